The Morgan fingerprint density at radius 2 is 1.38 bits per heavy atom. The molecule has 2 heteroatoms. The smallest absolute Gasteiger partial charge is 0.0299 e. The van der Waals surface area contributed by atoms with Crippen LogP contribution in [0.25, 0.3) is 0 Å². The Labute approximate surface area is 129 Å². The van der Waals surface area contributed by atoms with Gasteiger partial charge in [0.1, 0.15) is 0 Å². The zero-order valence-corrected chi connectivity index (χ0v) is 13.8. The standard InChI is InChI=1S/C10H15N.C9H13N/c1-9(2)5-6-10-4-3-7-11-8-10;1-8(2)6-9-4-3-5-10-7-9/h3-4,7-9H,5-6H2,1-2H3;3-5,7-8H,6H2,1-2H3. The topological polar surface area (TPSA) is 25.8 Å². The molecule has 0 fully saturated rings. The number of nitrogens with zero attached hydrogens (tertiary/aromatic N) is 2. The maximum Gasteiger partial charge on any atom is 0.0299 e. The molecule has 0 unspecified atom stereocenters. The molecule has 0 atom stereocenters. The fraction of sp³-hybridized carbons (Fsp3) is 0.474. The predicted octanol–water partition coefficient (Wildman–Crippen LogP) is 4.95. The van der Waals surface area contributed by atoms with Gasteiger partial charge in [-0.05, 0) is 54.4 Å². The van der Waals surface area contributed by atoms with Crippen LogP contribution in [0.2, 0.25) is 0 Å². The lowest BCUT2D eigenvalue weighted by Gasteiger charge is -2.02. The van der Waals surface area contributed by atoms with E-state index in [-0.39, 0.29) is 0 Å². The summed E-state index contributed by atoms with van der Waals surface area (Å²) < 4.78 is 0. The number of aryl methyl sites for hydroxylation is 1. The quantitative estimate of drug-likeness (QED) is 0.776. The van der Waals surface area contributed by atoms with Crippen LogP contribution in [0.1, 0.15) is 45.2 Å². The highest BCUT2D eigenvalue weighted by Gasteiger charge is 1.95. The summed E-state index contributed by atoms with van der Waals surface area (Å²) in [5, 5.41) is 0. The first-order valence-electron chi connectivity index (χ1n) is 7.85. The minimum Gasteiger partial charge on any atom is -0.264 e. The summed E-state index contributed by atoms with van der Waals surface area (Å²) in [6.07, 6.45) is 11.1. The molecular weight excluding hydrogens is 256 g/mol. The van der Waals surface area contributed by atoms with Crippen LogP contribution >= 0.6 is 0 Å². The number of hydrogen-bond donors (Lipinski definition) is 0. The maximum absolute atomic E-state index is 4.06. The first-order valence-corrected chi connectivity index (χ1v) is 7.85. The summed E-state index contributed by atoms with van der Waals surface area (Å²) in [4.78, 5) is 8.10. The van der Waals surface area contributed by atoms with Crippen LogP contribution in [0.4, 0.5) is 0 Å². The second-order valence-electron chi connectivity index (χ2n) is 6.25. The van der Waals surface area contributed by atoms with Crippen molar-refractivity contribution < 1.29 is 0 Å². The lowest BCUT2D eigenvalue weighted by atomic mass is 10.0. The molecule has 0 saturated carbocycles. The van der Waals surface area contributed by atoms with Crippen LogP contribution in [0.3, 0.4) is 0 Å². The Hall–Kier alpha value is -1.70. The fourth-order valence-electron chi connectivity index (χ4n) is 1.99. The van der Waals surface area contributed by atoms with Crippen LogP contribution in [0, 0.1) is 11.8 Å². The maximum atomic E-state index is 4.06. The van der Waals surface area contributed by atoms with Gasteiger partial charge in [-0.1, -0.05) is 39.8 Å². The highest BCUT2D eigenvalue weighted by atomic mass is 14.6. The van der Waals surface area contributed by atoms with Crippen molar-refractivity contribution in [3.05, 3.63) is 60.2 Å². The van der Waals surface area contributed by atoms with Gasteiger partial charge in [-0.15, -0.1) is 0 Å². The summed E-state index contributed by atoms with van der Waals surface area (Å²) in [6, 6.07) is 8.23. The molecule has 0 spiro atoms. The average molecular weight is 284 g/mol. The van der Waals surface area contributed by atoms with Crippen LogP contribution < -0.4 is 0 Å². The van der Waals surface area contributed by atoms with Crippen LogP contribution in [-0.4, -0.2) is 9.97 Å². The number of pyridine rings is 2. The molecule has 0 bridgehead atoms. The Balaban J connectivity index is 0.000000211. The Bertz CT molecular complexity index is 463. The summed E-state index contributed by atoms with van der Waals surface area (Å²) >= 11 is 0. The van der Waals surface area contributed by atoms with E-state index >= 15 is 0 Å². The van der Waals surface area contributed by atoms with Gasteiger partial charge in [0, 0.05) is 24.8 Å². The Kier molecular flexibility index (Phi) is 8.34. The summed E-state index contributed by atoms with van der Waals surface area (Å²) in [7, 11) is 0. The van der Waals surface area contributed by atoms with Gasteiger partial charge in [-0.3, -0.25) is 9.97 Å². The van der Waals surface area contributed by atoms with Crippen LogP contribution in [0.15, 0.2) is 49.1 Å². The molecule has 0 radical (unpaired) electrons. The van der Waals surface area contributed by atoms with Crippen molar-refractivity contribution in [1.82, 2.24) is 9.97 Å². The molecule has 2 aromatic heterocycles. The Morgan fingerprint density at radius 3 is 1.81 bits per heavy atom. The van der Waals surface area contributed by atoms with Gasteiger partial charge >= 0.3 is 0 Å². The van der Waals surface area contributed by atoms with E-state index in [9.17, 15) is 0 Å². The van der Waals surface area contributed by atoms with E-state index in [1.54, 1.807) is 0 Å². The lowest BCUT2D eigenvalue weighted by molar-refractivity contribution is 0.586. The third kappa shape index (κ3) is 8.96. The first kappa shape index (κ1) is 17.4. The fourth-order valence-corrected chi connectivity index (χ4v) is 1.99. The molecule has 2 rings (SSSR count). The highest BCUT2D eigenvalue weighted by Crippen LogP contribution is 2.06. The molecular formula is C19H28N2. The third-order valence-electron chi connectivity index (χ3n) is 3.10. The van der Waals surface area contributed by atoms with Crippen molar-refractivity contribution in [2.45, 2.75) is 47.0 Å². The predicted molar refractivity (Wildman–Crippen MR) is 90.2 cm³/mol. The molecule has 114 valence electrons. The van der Waals surface area contributed by atoms with E-state index < -0.39 is 0 Å². The number of aromatic nitrogens is 2. The van der Waals surface area contributed by atoms with E-state index in [1.165, 1.54) is 17.5 Å². The van der Waals surface area contributed by atoms with Crippen molar-refractivity contribution in [3.8, 4) is 0 Å². The van der Waals surface area contributed by atoms with Crippen LogP contribution in [-0.2, 0) is 12.8 Å². The van der Waals surface area contributed by atoms with Gasteiger partial charge in [0.15, 0.2) is 0 Å². The van der Waals surface area contributed by atoms with E-state index in [2.05, 4.69) is 49.8 Å². The zero-order valence-electron chi connectivity index (χ0n) is 13.8. The minimum absolute atomic E-state index is 0.726. The van der Waals surface area contributed by atoms with Crippen molar-refractivity contribution in [2.24, 2.45) is 11.8 Å². The molecule has 2 heterocycles. The highest BCUT2D eigenvalue weighted by molar-refractivity contribution is 5.09. The van der Waals surface area contributed by atoms with Crippen molar-refractivity contribution in [1.29, 1.82) is 0 Å². The molecule has 2 nitrogen and oxygen atoms in total. The molecule has 0 amide bonds. The molecule has 0 aliphatic heterocycles. The molecule has 2 aromatic rings. The van der Waals surface area contributed by atoms with Crippen molar-refractivity contribution >= 4 is 0 Å². The van der Waals surface area contributed by atoms with Gasteiger partial charge < -0.3 is 0 Å². The summed E-state index contributed by atoms with van der Waals surface area (Å²) in [5.74, 6) is 1.51. The minimum atomic E-state index is 0.726. The van der Waals surface area contributed by atoms with E-state index in [0.717, 1.165) is 24.7 Å². The SMILES string of the molecule is CC(C)CCc1cccnc1.CC(C)Cc1cccnc1. The van der Waals surface area contributed by atoms with E-state index in [0.29, 0.717) is 0 Å². The normalized spacial score (nSPS) is 10.4. The molecule has 21 heavy (non-hydrogen) atoms. The molecule has 0 saturated heterocycles. The molecule has 0 N–H and O–H groups in total. The van der Waals surface area contributed by atoms with Crippen molar-refractivity contribution in [2.75, 3.05) is 0 Å². The van der Waals surface area contributed by atoms with Crippen molar-refractivity contribution in [3.63, 3.8) is 0 Å². The van der Waals surface area contributed by atoms with Gasteiger partial charge in [-0.2, -0.15) is 0 Å². The van der Waals surface area contributed by atoms with Gasteiger partial charge in [-0.25, -0.2) is 0 Å². The number of hydrogen-bond acceptors (Lipinski definition) is 2. The molecule has 0 aromatic carbocycles. The first-order chi connectivity index (χ1) is 10.1. The molecule has 0 aliphatic rings. The second kappa shape index (κ2) is 10.1. The Morgan fingerprint density at radius 1 is 0.810 bits per heavy atom. The number of rotatable bonds is 5. The molecule has 0 aliphatic carbocycles. The lowest BCUT2D eigenvalue weighted by Crippen LogP contribution is -1.93. The van der Waals surface area contributed by atoms with E-state index in [4.69, 9.17) is 0 Å². The van der Waals surface area contributed by atoms with Crippen LogP contribution in [0.5, 0.6) is 0 Å². The van der Waals surface area contributed by atoms with E-state index in [1.807, 2.05) is 36.9 Å². The summed E-state index contributed by atoms with van der Waals surface area (Å²) in [5.41, 5.74) is 2.68. The summed E-state index contributed by atoms with van der Waals surface area (Å²) in [6.45, 7) is 8.92. The zero-order chi connectivity index (χ0) is 15.5. The van der Waals surface area contributed by atoms with Gasteiger partial charge in [0.05, 0.1) is 0 Å². The van der Waals surface area contributed by atoms with Gasteiger partial charge in [0.25, 0.3) is 0 Å². The monoisotopic (exact) mass is 284 g/mol. The average Bonchev–Trinajstić information content (AvgIpc) is 2.47. The third-order valence-corrected chi connectivity index (χ3v) is 3.10. The van der Waals surface area contributed by atoms with Gasteiger partial charge in [0.2, 0.25) is 0 Å². The largest absolute Gasteiger partial charge is 0.264 e. The second-order valence-corrected chi connectivity index (χ2v) is 6.25.